The summed E-state index contributed by atoms with van der Waals surface area (Å²) in [5, 5.41) is 10.6. The molecule has 0 aliphatic heterocycles. The van der Waals surface area contributed by atoms with Crippen LogP contribution in [0.25, 0.3) is 21.9 Å². The van der Waals surface area contributed by atoms with Gasteiger partial charge >= 0.3 is 0 Å². The highest BCUT2D eigenvalue weighted by Crippen LogP contribution is 2.27. The summed E-state index contributed by atoms with van der Waals surface area (Å²) < 4.78 is 1.88. The van der Waals surface area contributed by atoms with E-state index in [-0.39, 0.29) is 0 Å². The van der Waals surface area contributed by atoms with Gasteiger partial charge < -0.3 is 10.2 Å². The summed E-state index contributed by atoms with van der Waals surface area (Å²) in [6.45, 7) is 5.02. The predicted molar refractivity (Wildman–Crippen MR) is 95.6 cm³/mol. The lowest BCUT2D eigenvalue weighted by Crippen LogP contribution is -2.21. The van der Waals surface area contributed by atoms with Crippen molar-refractivity contribution in [1.82, 2.24) is 25.0 Å². The molecule has 0 bridgehead atoms. The second-order valence-corrected chi connectivity index (χ2v) is 6.35. The van der Waals surface area contributed by atoms with Crippen molar-refractivity contribution in [2.24, 2.45) is 7.05 Å². The predicted octanol–water partition coefficient (Wildman–Crippen LogP) is 2.47. The second kappa shape index (κ2) is 6.64. The quantitative estimate of drug-likeness (QED) is 0.710. The lowest BCUT2D eigenvalue weighted by atomic mass is 10.0. The third kappa shape index (κ3) is 3.21. The molecule has 0 amide bonds. The number of nitrogens with zero attached hydrogens (tertiary/aromatic N) is 4. The van der Waals surface area contributed by atoms with Gasteiger partial charge in [-0.2, -0.15) is 5.10 Å². The Kier molecular flexibility index (Phi) is 4.59. The Balaban J connectivity index is 1.95. The molecule has 0 saturated heterocycles. The van der Waals surface area contributed by atoms with E-state index in [1.165, 1.54) is 16.3 Å². The first-order valence-corrected chi connectivity index (χ1v) is 8.14. The van der Waals surface area contributed by atoms with Crippen LogP contribution in [-0.2, 0) is 13.6 Å². The molecule has 0 aliphatic carbocycles. The third-order valence-corrected chi connectivity index (χ3v) is 4.21. The van der Waals surface area contributed by atoms with Gasteiger partial charge in [-0.1, -0.05) is 18.2 Å². The second-order valence-electron chi connectivity index (χ2n) is 6.35. The zero-order valence-corrected chi connectivity index (χ0v) is 14.4. The van der Waals surface area contributed by atoms with Crippen molar-refractivity contribution >= 4 is 21.9 Å². The molecule has 0 saturated carbocycles. The molecule has 0 fully saturated rings. The fourth-order valence-electron chi connectivity index (χ4n) is 3.12. The number of benzene rings is 1. The molecule has 2 heterocycles. The first-order valence-electron chi connectivity index (χ1n) is 8.14. The van der Waals surface area contributed by atoms with E-state index < -0.39 is 0 Å². The Morgan fingerprint density at radius 2 is 2.00 bits per heavy atom. The van der Waals surface area contributed by atoms with Crippen molar-refractivity contribution in [3.05, 3.63) is 35.5 Å². The largest absolute Gasteiger partial charge is 0.313 e. The van der Waals surface area contributed by atoms with Gasteiger partial charge in [-0.05, 0) is 52.2 Å². The molecule has 0 spiro atoms. The minimum Gasteiger partial charge on any atom is -0.313 e. The van der Waals surface area contributed by atoms with Gasteiger partial charge in [0.25, 0.3) is 0 Å². The number of pyridine rings is 1. The Bertz CT molecular complexity index is 819. The molecular weight excluding hydrogens is 286 g/mol. The van der Waals surface area contributed by atoms with Crippen molar-refractivity contribution in [3.8, 4) is 0 Å². The Labute approximate surface area is 137 Å². The molecule has 5 nitrogen and oxygen atoms in total. The first kappa shape index (κ1) is 15.9. The topological polar surface area (TPSA) is 46.0 Å². The first-order chi connectivity index (χ1) is 11.1. The monoisotopic (exact) mass is 311 g/mol. The molecule has 23 heavy (non-hydrogen) atoms. The highest BCUT2D eigenvalue weighted by molar-refractivity contribution is 5.97. The van der Waals surface area contributed by atoms with Crippen LogP contribution >= 0.6 is 0 Å². The van der Waals surface area contributed by atoms with Gasteiger partial charge in [0.05, 0.1) is 11.2 Å². The number of hydrogen-bond acceptors (Lipinski definition) is 4. The lowest BCUT2D eigenvalue weighted by molar-refractivity contribution is 0.394. The molecule has 1 N–H and O–H groups in total. The summed E-state index contributed by atoms with van der Waals surface area (Å²) in [4.78, 5) is 7.01. The molecule has 3 rings (SSSR count). The van der Waals surface area contributed by atoms with Gasteiger partial charge in [-0.25, -0.2) is 4.98 Å². The van der Waals surface area contributed by atoms with Crippen LogP contribution in [0, 0.1) is 6.92 Å². The lowest BCUT2D eigenvalue weighted by Gasteiger charge is -2.12. The van der Waals surface area contributed by atoms with Crippen molar-refractivity contribution in [1.29, 1.82) is 0 Å². The number of aromatic nitrogens is 3. The van der Waals surface area contributed by atoms with E-state index in [9.17, 15) is 0 Å². The number of fused-ring (bicyclic) bond motifs is 2. The molecule has 5 heteroatoms. The SMILES string of the molecule is Cc1nn(C)c2nc3ccccc3c(CNCCCN(C)C)c12. The summed E-state index contributed by atoms with van der Waals surface area (Å²) in [5.41, 5.74) is 4.35. The maximum absolute atomic E-state index is 4.79. The van der Waals surface area contributed by atoms with E-state index in [1.54, 1.807) is 0 Å². The van der Waals surface area contributed by atoms with Crippen molar-refractivity contribution in [2.45, 2.75) is 19.9 Å². The number of nitrogens with one attached hydrogen (secondary N) is 1. The van der Waals surface area contributed by atoms with E-state index in [4.69, 9.17) is 4.98 Å². The molecule has 2 aromatic heterocycles. The normalized spacial score (nSPS) is 11.9. The number of hydrogen-bond donors (Lipinski definition) is 1. The fourth-order valence-corrected chi connectivity index (χ4v) is 3.12. The highest BCUT2D eigenvalue weighted by atomic mass is 15.3. The minimum atomic E-state index is 0.847. The van der Waals surface area contributed by atoms with Gasteiger partial charge in [0.2, 0.25) is 0 Å². The summed E-state index contributed by atoms with van der Waals surface area (Å²) in [7, 11) is 6.18. The number of aryl methyl sites for hydroxylation is 2. The van der Waals surface area contributed by atoms with E-state index in [0.29, 0.717) is 0 Å². The van der Waals surface area contributed by atoms with Crippen LogP contribution in [0.2, 0.25) is 0 Å². The molecule has 0 aliphatic rings. The molecule has 0 unspecified atom stereocenters. The molecule has 122 valence electrons. The Morgan fingerprint density at radius 1 is 1.22 bits per heavy atom. The van der Waals surface area contributed by atoms with Gasteiger partial charge in [-0.15, -0.1) is 0 Å². The summed E-state index contributed by atoms with van der Waals surface area (Å²) in [6.07, 6.45) is 1.14. The van der Waals surface area contributed by atoms with Crippen LogP contribution in [0.15, 0.2) is 24.3 Å². The minimum absolute atomic E-state index is 0.847. The zero-order chi connectivity index (χ0) is 16.4. The highest BCUT2D eigenvalue weighted by Gasteiger charge is 2.14. The number of para-hydroxylation sites is 1. The fraction of sp³-hybridized carbons (Fsp3) is 0.444. The van der Waals surface area contributed by atoms with Gasteiger partial charge in [0.15, 0.2) is 5.65 Å². The van der Waals surface area contributed by atoms with Crippen molar-refractivity contribution in [2.75, 3.05) is 27.2 Å². The molecule has 3 aromatic rings. The van der Waals surface area contributed by atoms with Crippen LogP contribution in [0.4, 0.5) is 0 Å². The molecule has 0 radical (unpaired) electrons. The summed E-state index contributed by atoms with van der Waals surface area (Å²) in [6, 6.07) is 8.35. The van der Waals surface area contributed by atoms with E-state index in [2.05, 4.69) is 54.5 Å². The van der Waals surface area contributed by atoms with E-state index in [0.717, 1.165) is 42.9 Å². The van der Waals surface area contributed by atoms with Crippen LogP contribution in [0.5, 0.6) is 0 Å². The standard InChI is InChI=1S/C18H25N5/c1-13-17-15(12-19-10-7-11-22(2)3)14-8-5-6-9-16(14)20-18(17)23(4)21-13/h5-6,8-9,19H,7,10-12H2,1-4H3. The maximum atomic E-state index is 4.79. The summed E-state index contributed by atoms with van der Waals surface area (Å²) >= 11 is 0. The third-order valence-electron chi connectivity index (χ3n) is 4.21. The van der Waals surface area contributed by atoms with E-state index in [1.807, 2.05) is 17.8 Å². The Hall–Kier alpha value is -1.98. The van der Waals surface area contributed by atoms with Gasteiger partial charge in [0, 0.05) is 24.4 Å². The smallest absolute Gasteiger partial charge is 0.158 e. The van der Waals surface area contributed by atoms with Crippen LogP contribution in [0.3, 0.4) is 0 Å². The van der Waals surface area contributed by atoms with Crippen LogP contribution in [-0.4, -0.2) is 46.8 Å². The van der Waals surface area contributed by atoms with Gasteiger partial charge in [-0.3, -0.25) is 4.68 Å². The van der Waals surface area contributed by atoms with Crippen LogP contribution in [0.1, 0.15) is 17.7 Å². The Morgan fingerprint density at radius 3 is 2.78 bits per heavy atom. The zero-order valence-electron chi connectivity index (χ0n) is 14.4. The average molecular weight is 311 g/mol. The molecule has 1 aromatic carbocycles. The molecule has 0 atom stereocenters. The van der Waals surface area contributed by atoms with Crippen molar-refractivity contribution in [3.63, 3.8) is 0 Å². The van der Waals surface area contributed by atoms with Crippen LogP contribution < -0.4 is 5.32 Å². The summed E-state index contributed by atoms with van der Waals surface area (Å²) in [5.74, 6) is 0. The molecular formula is C18H25N5. The van der Waals surface area contributed by atoms with Crippen molar-refractivity contribution < 1.29 is 0 Å². The van der Waals surface area contributed by atoms with Gasteiger partial charge in [0.1, 0.15) is 0 Å². The average Bonchev–Trinajstić information content (AvgIpc) is 2.80. The maximum Gasteiger partial charge on any atom is 0.158 e. The number of rotatable bonds is 6. The van der Waals surface area contributed by atoms with E-state index >= 15 is 0 Å².